The summed E-state index contributed by atoms with van der Waals surface area (Å²) in [6.45, 7) is 4.45. The molecule has 14 heteroatoms. The van der Waals surface area contributed by atoms with Crippen molar-refractivity contribution in [3.63, 3.8) is 0 Å². The lowest BCUT2D eigenvalue weighted by Gasteiger charge is -2.13. The van der Waals surface area contributed by atoms with Gasteiger partial charge in [-0.2, -0.15) is 0 Å². The fraction of sp³-hybridized carbons (Fsp3) is 0.205. The first-order valence-electron chi connectivity index (χ1n) is 16.3. The molecular formula is C39H39F2N5O7. The highest BCUT2D eigenvalue weighted by atomic mass is 19.1. The Bertz CT molecular complexity index is 2240. The van der Waals surface area contributed by atoms with E-state index in [4.69, 9.17) is 34.2 Å². The Morgan fingerprint density at radius 1 is 0.660 bits per heavy atom. The molecule has 4 aromatic carbocycles. The zero-order valence-corrected chi connectivity index (χ0v) is 30.0. The molecule has 0 spiro atoms. The fourth-order valence-corrected chi connectivity index (χ4v) is 5.02. The third-order valence-electron chi connectivity index (χ3n) is 7.70. The third kappa shape index (κ3) is 9.22. The second kappa shape index (κ2) is 17.1. The van der Waals surface area contributed by atoms with Crippen LogP contribution < -0.4 is 44.8 Å². The summed E-state index contributed by atoms with van der Waals surface area (Å²) in [5, 5.41) is 6.58. The number of ether oxygens (including phenoxy) is 6. The maximum absolute atomic E-state index is 14.5. The number of urea groups is 1. The zero-order chi connectivity index (χ0) is 38.1. The van der Waals surface area contributed by atoms with Crippen LogP contribution in [0.15, 0.2) is 85.2 Å². The Morgan fingerprint density at radius 2 is 1.13 bits per heavy atom. The molecule has 4 N–H and O–H groups in total. The summed E-state index contributed by atoms with van der Waals surface area (Å²) in [4.78, 5) is 20.5. The average Bonchev–Trinajstić information content (AvgIpc) is 3.16. The van der Waals surface area contributed by atoms with Crippen LogP contribution in [-0.4, -0.2) is 51.0 Å². The molecule has 6 rings (SSSR count). The Kier molecular flexibility index (Phi) is 12.2. The molecule has 0 atom stereocenters. The number of benzene rings is 4. The van der Waals surface area contributed by atoms with Crippen LogP contribution in [0.3, 0.4) is 0 Å². The van der Waals surface area contributed by atoms with Crippen LogP contribution in [-0.2, 0) is 0 Å². The largest absolute Gasteiger partial charge is 0.493 e. The molecule has 0 saturated heterocycles. The first-order chi connectivity index (χ1) is 25.5. The minimum absolute atomic E-state index is 0.0644. The number of anilines is 2. The molecule has 2 heterocycles. The van der Waals surface area contributed by atoms with E-state index < -0.39 is 17.7 Å². The minimum atomic E-state index is -0.607. The number of hydrogen-bond donors (Lipinski definition) is 3. The first-order valence-corrected chi connectivity index (χ1v) is 16.3. The van der Waals surface area contributed by atoms with Crippen LogP contribution in [0, 0.1) is 17.6 Å². The van der Waals surface area contributed by atoms with E-state index in [2.05, 4.69) is 20.6 Å². The number of rotatable bonds is 11. The van der Waals surface area contributed by atoms with Crippen molar-refractivity contribution < 1.29 is 42.0 Å². The van der Waals surface area contributed by atoms with E-state index in [1.807, 2.05) is 13.8 Å². The van der Waals surface area contributed by atoms with Gasteiger partial charge in [0.2, 0.25) is 0 Å². The summed E-state index contributed by atoms with van der Waals surface area (Å²) < 4.78 is 60.9. The van der Waals surface area contributed by atoms with Crippen LogP contribution >= 0.6 is 0 Å². The number of nitrogen functional groups attached to an aromatic ring is 1. The van der Waals surface area contributed by atoms with E-state index >= 15 is 0 Å². The van der Waals surface area contributed by atoms with Crippen molar-refractivity contribution in [2.75, 3.05) is 46.0 Å². The smallest absolute Gasteiger partial charge is 0.319 e. The van der Waals surface area contributed by atoms with Gasteiger partial charge in [-0.25, -0.2) is 13.6 Å². The average molecular weight is 728 g/mol. The van der Waals surface area contributed by atoms with Gasteiger partial charge < -0.3 is 44.8 Å². The van der Waals surface area contributed by atoms with Gasteiger partial charge in [-0.1, -0.05) is 13.8 Å². The standard InChI is InChI=1S/C22H24FN3O4.C17H15FN2O3/c1-13(2)12-25-22(27)26-17-6-5-14(9-16(17)23)30-19-7-8-24-18-11-21(29-4)20(28-3)10-15(18)19;1-21-16-8-11-14(9-17(16)22-2)20-6-5-15(11)23-10-3-4-13(19)12(18)7-10/h5-11,13H,12H2,1-4H3,(H2,25,26,27);3-9H,19H2,1-2H3. The molecule has 53 heavy (non-hydrogen) atoms. The van der Waals surface area contributed by atoms with Crippen molar-refractivity contribution in [3.8, 4) is 46.0 Å². The molecule has 276 valence electrons. The van der Waals surface area contributed by atoms with Crippen molar-refractivity contribution in [2.45, 2.75) is 13.8 Å². The number of carbonyl (C=O) groups is 1. The lowest BCUT2D eigenvalue weighted by Crippen LogP contribution is -2.31. The molecule has 0 saturated carbocycles. The number of pyridine rings is 2. The highest BCUT2D eigenvalue weighted by Gasteiger charge is 2.14. The van der Waals surface area contributed by atoms with Gasteiger partial charge in [0.05, 0.1) is 50.8 Å². The number of amides is 2. The normalized spacial score (nSPS) is 10.7. The zero-order valence-electron chi connectivity index (χ0n) is 30.0. The van der Waals surface area contributed by atoms with Gasteiger partial charge in [-0.15, -0.1) is 0 Å². The van der Waals surface area contributed by atoms with Crippen LogP contribution in [0.5, 0.6) is 46.0 Å². The molecule has 0 aliphatic heterocycles. The van der Waals surface area contributed by atoms with Gasteiger partial charge in [-0.3, -0.25) is 9.97 Å². The molecular weight excluding hydrogens is 688 g/mol. The molecule has 0 fully saturated rings. The predicted octanol–water partition coefficient (Wildman–Crippen LogP) is 8.73. The third-order valence-corrected chi connectivity index (χ3v) is 7.70. The second-order valence-corrected chi connectivity index (χ2v) is 11.8. The van der Waals surface area contributed by atoms with E-state index in [-0.39, 0.29) is 17.1 Å². The number of hydrogen-bond acceptors (Lipinski definition) is 10. The summed E-state index contributed by atoms with van der Waals surface area (Å²) in [6, 6.07) is 18.5. The van der Waals surface area contributed by atoms with Crippen molar-refractivity contribution in [3.05, 3.63) is 96.8 Å². The topological polar surface area (TPSA) is 148 Å². The van der Waals surface area contributed by atoms with E-state index in [1.165, 1.54) is 24.3 Å². The van der Waals surface area contributed by atoms with Crippen LogP contribution in [0.4, 0.5) is 25.0 Å². The fourth-order valence-electron chi connectivity index (χ4n) is 5.02. The summed E-state index contributed by atoms with van der Waals surface area (Å²) in [7, 11) is 6.20. The lowest BCUT2D eigenvalue weighted by atomic mass is 10.2. The van der Waals surface area contributed by atoms with Crippen LogP contribution in [0.2, 0.25) is 0 Å². The van der Waals surface area contributed by atoms with Gasteiger partial charge in [-0.05, 0) is 54.4 Å². The first kappa shape index (κ1) is 37.7. The monoisotopic (exact) mass is 727 g/mol. The van der Waals surface area contributed by atoms with Crippen LogP contribution in [0.1, 0.15) is 13.8 Å². The molecule has 0 aliphatic rings. The minimum Gasteiger partial charge on any atom is -0.493 e. The Balaban J connectivity index is 0.000000211. The number of nitrogens with one attached hydrogen (secondary N) is 2. The Morgan fingerprint density at radius 3 is 1.58 bits per heavy atom. The van der Waals surface area contributed by atoms with E-state index in [0.717, 1.165) is 5.39 Å². The molecule has 12 nitrogen and oxygen atoms in total. The summed E-state index contributed by atoms with van der Waals surface area (Å²) in [5.41, 5.74) is 6.93. The maximum atomic E-state index is 14.5. The van der Waals surface area contributed by atoms with E-state index in [0.29, 0.717) is 69.1 Å². The number of halogens is 2. The highest BCUT2D eigenvalue weighted by molar-refractivity contribution is 5.90. The molecule has 0 aliphatic carbocycles. The van der Waals surface area contributed by atoms with Gasteiger partial charge in [0, 0.05) is 54.0 Å². The summed E-state index contributed by atoms with van der Waals surface area (Å²) >= 11 is 0. The van der Waals surface area contributed by atoms with Gasteiger partial charge in [0.1, 0.15) is 34.6 Å². The summed E-state index contributed by atoms with van der Waals surface area (Å²) in [5.74, 6) is 3.00. The van der Waals surface area contributed by atoms with Crippen molar-refractivity contribution >= 4 is 39.2 Å². The Hall–Kier alpha value is -6.57. The number of methoxy groups -OCH3 is 4. The van der Waals surface area contributed by atoms with Gasteiger partial charge in [0.15, 0.2) is 23.0 Å². The quantitative estimate of drug-likeness (QED) is 0.111. The number of carbonyl (C=O) groups excluding carboxylic acids is 1. The maximum Gasteiger partial charge on any atom is 0.319 e. The number of nitrogens with two attached hydrogens (primary N) is 1. The van der Waals surface area contributed by atoms with Crippen molar-refractivity contribution in [1.29, 1.82) is 0 Å². The lowest BCUT2D eigenvalue weighted by molar-refractivity contribution is 0.250. The number of aromatic nitrogens is 2. The molecule has 2 amide bonds. The number of fused-ring (bicyclic) bond motifs is 2. The summed E-state index contributed by atoms with van der Waals surface area (Å²) in [6.07, 6.45) is 3.20. The number of nitrogens with zero attached hydrogens (tertiary/aromatic N) is 2. The molecule has 6 aromatic rings. The molecule has 0 bridgehead atoms. The second-order valence-electron chi connectivity index (χ2n) is 11.8. The predicted molar refractivity (Wildman–Crippen MR) is 199 cm³/mol. The van der Waals surface area contributed by atoms with E-state index in [1.54, 1.807) is 89.4 Å². The SMILES string of the molecule is COc1cc2nccc(Oc3ccc(N)c(F)c3)c2cc1OC.COc1cc2nccc(Oc3ccc(NC(=O)NCC(C)C)c(F)c3)c2cc1OC. The van der Waals surface area contributed by atoms with Crippen molar-refractivity contribution in [1.82, 2.24) is 15.3 Å². The van der Waals surface area contributed by atoms with Gasteiger partial charge >= 0.3 is 6.03 Å². The van der Waals surface area contributed by atoms with Crippen LogP contribution in [0.25, 0.3) is 21.8 Å². The van der Waals surface area contributed by atoms with Gasteiger partial charge in [0.25, 0.3) is 0 Å². The molecule has 0 radical (unpaired) electrons. The highest BCUT2D eigenvalue weighted by Crippen LogP contribution is 2.38. The molecule has 2 aromatic heterocycles. The van der Waals surface area contributed by atoms with E-state index in [9.17, 15) is 13.6 Å². The van der Waals surface area contributed by atoms with Crippen molar-refractivity contribution in [2.24, 2.45) is 5.92 Å². The Labute approximate surface area is 304 Å². The molecule has 0 unspecified atom stereocenters.